The number of aliphatic hydroxyl groups is 1. The second-order valence-electron chi connectivity index (χ2n) is 3.27. The Labute approximate surface area is 85.0 Å². The van der Waals surface area contributed by atoms with Crippen LogP contribution >= 0.6 is 0 Å². The molecule has 14 heavy (non-hydrogen) atoms. The molecular formula is C12H15NO. The fourth-order valence-corrected chi connectivity index (χ4v) is 1.24. The van der Waals surface area contributed by atoms with Crippen LogP contribution in [0.25, 0.3) is 0 Å². The maximum Gasteiger partial charge on any atom is 0.0440 e. The first kappa shape index (κ1) is 10.7. The van der Waals surface area contributed by atoms with E-state index in [0.717, 1.165) is 29.8 Å². The van der Waals surface area contributed by atoms with Crippen LogP contribution in [0.1, 0.15) is 29.8 Å². The molecule has 74 valence electrons. The van der Waals surface area contributed by atoms with Crippen molar-refractivity contribution in [1.82, 2.24) is 4.98 Å². The SMILES string of the molecule is Cc1cc(C#CCCCO)cc(C)n1. The highest BCUT2D eigenvalue weighted by atomic mass is 16.2. The van der Waals surface area contributed by atoms with E-state index in [-0.39, 0.29) is 6.61 Å². The molecule has 1 rings (SSSR count). The molecule has 0 spiro atoms. The summed E-state index contributed by atoms with van der Waals surface area (Å²) in [5, 5.41) is 8.57. The molecule has 0 aliphatic heterocycles. The van der Waals surface area contributed by atoms with Gasteiger partial charge >= 0.3 is 0 Å². The normalized spacial score (nSPS) is 9.36. The van der Waals surface area contributed by atoms with E-state index < -0.39 is 0 Å². The summed E-state index contributed by atoms with van der Waals surface area (Å²) >= 11 is 0. The third kappa shape index (κ3) is 3.59. The molecule has 0 fully saturated rings. The predicted molar refractivity (Wildman–Crippen MR) is 56.9 cm³/mol. The number of hydrogen-bond acceptors (Lipinski definition) is 2. The number of aryl methyl sites for hydroxylation is 2. The summed E-state index contributed by atoms with van der Waals surface area (Å²) in [6, 6.07) is 3.94. The predicted octanol–water partition coefficient (Wildman–Crippen LogP) is 1.82. The van der Waals surface area contributed by atoms with Gasteiger partial charge < -0.3 is 5.11 Å². The molecule has 2 nitrogen and oxygen atoms in total. The minimum Gasteiger partial charge on any atom is -0.396 e. The molecule has 0 unspecified atom stereocenters. The number of nitrogens with zero attached hydrogens (tertiary/aromatic N) is 1. The molecule has 1 heterocycles. The molecule has 0 aromatic carbocycles. The molecule has 0 aliphatic carbocycles. The summed E-state index contributed by atoms with van der Waals surface area (Å²) < 4.78 is 0. The summed E-state index contributed by atoms with van der Waals surface area (Å²) in [6.07, 6.45) is 1.49. The van der Waals surface area contributed by atoms with Crippen molar-refractivity contribution in [1.29, 1.82) is 0 Å². The van der Waals surface area contributed by atoms with E-state index in [1.54, 1.807) is 0 Å². The first-order valence-corrected chi connectivity index (χ1v) is 4.77. The van der Waals surface area contributed by atoms with Gasteiger partial charge in [-0.15, -0.1) is 0 Å². The zero-order valence-corrected chi connectivity index (χ0v) is 8.67. The quantitative estimate of drug-likeness (QED) is 0.568. The fraction of sp³-hybridized carbons (Fsp3) is 0.417. The van der Waals surface area contributed by atoms with E-state index in [1.165, 1.54) is 0 Å². The molecule has 0 saturated heterocycles. The van der Waals surface area contributed by atoms with Gasteiger partial charge in [-0.2, -0.15) is 0 Å². The summed E-state index contributed by atoms with van der Waals surface area (Å²) in [5.74, 6) is 6.08. The minimum absolute atomic E-state index is 0.211. The molecule has 0 bridgehead atoms. The smallest absolute Gasteiger partial charge is 0.0440 e. The molecule has 2 heteroatoms. The Morgan fingerprint density at radius 2 is 1.93 bits per heavy atom. The Morgan fingerprint density at radius 1 is 1.29 bits per heavy atom. The lowest BCUT2D eigenvalue weighted by Crippen LogP contribution is -1.87. The van der Waals surface area contributed by atoms with Gasteiger partial charge in [-0.1, -0.05) is 11.8 Å². The Kier molecular flexibility index (Phi) is 4.15. The van der Waals surface area contributed by atoms with Crippen molar-refractivity contribution in [2.45, 2.75) is 26.7 Å². The van der Waals surface area contributed by atoms with Crippen LogP contribution in [0.4, 0.5) is 0 Å². The Bertz CT molecular complexity index is 340. The van der Waals surface area contributed by atoms with Gasteiger partial charge in [-0.3, -0.25) is 4.98 Å². The second-order valence-corrected chi connectivity index (χ2v) is 3.27. The van der Waals surface area contributed by atoms with Gasteiger partial charge in [0.25, 0.3) is 0 Å². The monoisotopic (exact) mass is 189 g/mol. The van der Waals surface area contributed by atoms with E-state index in [9.17, 15) is 0 Å². The fourth-order valence-electron chi connectivity index (χ4n) is 1.24. The lowest BCUT2D eigenvalue weighted by molar-refractivity contribution is 0.290. The van der Waals surface area contributed by atoms with Crippen LogP contribution in [0.5, 0.6) is 0 Å². The summed E-state index contributed by atoms with van der Waals surface area (Å²) in [7, 11) is 0. The lowest BCUT2D eigenvalue weighted by Gasteiger charge is -1.96. The van der Waals surface area contributed by atoms with Crippen LogP contribution in [-0.2, 0) is 0 Å². The largest absolute Gasteiger partial charge is 0.396 e. The van der Waals surface area contributed by atoms with Crippen molar-refractivity contribution >= 4 is 0 Å². The third-order valence-electron chi connectivity index (χ3n) is 1.77. The average Bonchev–Trinajstić information content (AvgIpc) is 2.11. The molecule has 0 saturated carbocycles. The van der Waals surface area contributed by atoms with Gasteiger partial charge in [0, 0.05) is 30.0 Å². The minimum atomic E-state index is 0.211. The van der Waals surface area contributed by atoms with E-state index in [0.29, 0.717) is 0 Å². The summed E-state index contributed by atoms with van der Waals surface area (Å²) in [4.78, 5) is 4.27. The number of rotatable bonds is 2. The number of pyridine rings is 1. The van der Waals surface area contributed by atoms with Gasteiger partial charge in [0.1, 0.15) is 0 Å². The Hall–Kier alpha value is -1.33. The van der Waals surface area contributed by atoms with Gasteiger partial charge in [0.15, 0.2) is 0 Å². The number of aromatic nitrogens is 1. The molecule has 0 radical (unpaired) electrons. The zero-order valence-electron chi connectivity index (χ0n) is 8.67. The van der Waals surface area contributed by atoms with Gasteiger partial charge in [0.2, 0.25) is 0 Å². The molecule has 0 amide bonds. The maximum absolute atomic E-state index is 8.57. The number of aliphatic hydroxyl groups excluding tert-OH is 1. The van der Waals surface area contributed by atoms with Crippen LogP contribution in [-0.4, -0.2) is 16.7 Å². The molecule has 1 aromatic heterocycles. The van der Waals surface area contributed by atoms with E-state index in [1.807, 2.05) is 26.0 Å². The van der Waals surface area contributed by atoms with Crippen LogP contribution < -0.4 is 0 Å². The van der Waals surface area contributed by atoms with Crippen molar-refractivity contribution in [3.63, 3.8) is 0 Å². The second kappa shape index (κ2) is 5.41. The maximum atomic E-state index is 8.57. The van der Waals surface area contributed by atoms with Crippen LogP contribution in [0.3, 0.4) is 0 Å². The van der Waals surface area contributed by atoms with Crippen molar-refractivity contribution < 1.29 is 5.11 Å². The molecule has 1 N–H and O–H groups in total. The standard InChI is InChI=1S/C12H15NO/c1-10-8-12(9-11(2)13-10)6-4-3-5-7-14/h8-9,14H,3,5,7H2,1-2H3. The van der Waals surface area contributed by atoms with Crippen molar-refractivity contribution in [2.24, 2.45) is 0 Å². The molecule has 0 atom stereocenters. The highest BCUT2D eigenvalue weighted by Gasteiger charge is 1.92. The van der Waals surface area contributed by atoms with Crippen LogP contribution in [0, 0.1) is 25.7 Å². The summed E-state index contributed by atoms with van der Waals surface area (Å²) in [6.45, 7) is 4.14. The molecule has 1 aromatic rings. The number of hydrogen-bond donors (Lipinski definition) is 1. The van der Waals surface area contributed by atoms with E-state index >= 15 is 0 Å². The van der Waals surface area contributed by atoms with E-state index in [2.05, 4.69) is 16.8 Å². The van der Waals surface area contributed by atoms with Crippen molar-refractivity contribution in [3.05, 3.63) is 29.1 Å². The van der Waals surface area contributed by atoms with E-state index in [4.69, 9.17) is 5.11 Å². The first-order valence-electron chi connectivity index (χ1n) is 4.77. The highest BCUT2D eigenvalue weighted by Crippen LogP contribution is 2.03. The topological polar surface area (TPSA) is 33.1 Å². The highest BCUT2D eigenvalue weighted by molar-refractivity contribution is 5.36. The van der Waals surface area contributed by atoms with Crippen molar-refractivity contribution in [3.8, 4) is 11.8 Å². The third-order valence-corrected chi connectivity index (χ3v) is 1.77. The molecule has 0 aliphatic rings. The molecular weight excluding hydrogens is 174 g/mol. The van der Waals surface area contributed by atoms with Crippen molar-refractivity contribution in [2.75, 3.05) is 6.61 Å². The van der Waals surface area contributed by atoms with Gasteiger partial charge in [-0.05, 0) is 32.4 Å². The van der Waals surface area contributed by atoms with Crippen LogP contribution in [0.15, 0.2) is 12.1 Å². The zero-order chi connectivity index (χ0) is 10.4. The average molecular weight is 189 g/mol. The lowest BCUT2D eigenvalue weighted by atomic mass is 10.2. The summed E-state index contributed by atoms with van der Waals surface area (Å²) in [5.41, 5.74) is 3.00. The Balaban J connectivity index is 2.69. The first-order chi connectivity index (χ1) is 6.72. The Morgan fingerprint density at radius 3 is 2.50 bits per heavy atom. The van der Waals surface area contributed by atoms with Crippen LogP contribution in [0.2, 0.25) is 0 Å². The number of unbranched alkanes of at least 4 members (excludes halogenated alkanes) is 1. The van der Waals surface area contributed by atoms with Gasteiger partial charge in [0.05, 0.1) is 0 Å². The van der Waals surface area contributed by atoms with Gasteiger partial charge in [-0.25, -0.2) is 0 Å².